The van der Waals surface area contributed by atoms with E-state index in [0.29, 0.717) is 64.0 Å². The quantitative estimate of drug-likeness (QED) is 0.0256. The lowest BCUT2D eigenvalue weighted by Gasteiger charge is -2.32. The number of nitrogens with zero attached hydrogens (tertiary/aromatic N) is 6. The molecule has 11 rings (SSSR count). The first-order chi connectivity index (χ1) is 37.0. The number of rotatable bonds is 22. The number of hydrogen-bond donors (Lipinski definition) is 3. The lowest BCUT2D eigenvalue weighted by atomic mass is 9.81. The zero-order chi connectivity index (χ0) is 52.6. The van der Waals surface area contributed by atoms with Crippen molar-refractivity contribution in [1.29, 1.82) is 0 Å². The highest BCUT2D eigenvalue weighted by Crippen LogP contribution is 2.53. The van der Waals surface area contributed by atoms with Crippen LogP contribution >= 0.6 is 11.8 Å². The maximum atomic E-state index is 15.0. The topological polar surface area (TPSA) is 153 Å². The number of fused-ring (bicyclic) bond motifs is 2. The van der Waals surface area contributed by atoms with E-state index in [9.17, 15) is 19.2 Å². The maximum Gasteiger partial charge on any atom is 0.261 e. The third-order valence-electron chi connectivity index (χ3n) is 15.5. The monoisotopic (exact) mass is 1030 g/mol. The van der Waals surface area contributed by atoms with Gasteiger partial charge in [0.1, 0.15) is 0 Å². The number of unbranched alkanes of at least 4 members (excludes halogenated alkanes) is 10. The van der Waals surface area contributed by atoms with Crippen molar-refractivity contribution in [3.05, 3.63) is 112 Å². The predicted octanol–water partition coefficient (Wildman–Crippen LogP) is 14.7. The molecule has 76 heavy (non-hydrogen) atoms. The average molecular weight is 1030 g/mol. The molecule has 4 heterocycles. The molecule has 1 fully saturated rings. The van der Waals surface area contributed by atoms with Gasteiger partial charge in [-0.2, -0.15) is 15.0 Å². The molecule has 1 saturated heterocycles. The number of carbonyl (C=O) groups is 4. The van der Waals surface area contributed by atoms with Crippen molar-refractivity contribution >= 4 is 113 Å². The van der Waals surface area contributed by atoms with Gasteiger partial charge in [-0.05, 0) is 122 Å². The van der Waals surface area contributed by atoms with Crippen LogP contribution in [0, 0.1) is 13.8 Å². The van der Waals surface area contributed by atoms with Gasteiger partial charge in [0.2, 0.25) is 17.8 Å². The van der Waals surface area contributed by atoms with Crippen molar-refractivity contribution in [3.8, 4) is 0 Å². The van der Waals surface area contributed by atoms with Crippen LogP contribution in [0.5, 0.6) is 0 Å². The van der Waals surface area contributed by atoms with Crippen LogP contribution in [0.25, 0.3) is 43.1 Å². The first-order valence-electron chi connectivity index (χ1n) is 27.6. The van der Waals surface area contributed by atoms with E-state index in [-0.39, 0.29) is 23.6 Å². The van der Waals surface area contributed by atoms with Gasteiger partial charge in [0, 0.05) is 109 Å². The normalized spacial score (nSPS) is 14.5. The van der Waals surface area contributed by atoms with Gasteiger partial charge in [-0.25, -0.2) is 0 Å². The smallest absolute Gasteiger partial charge is 0.261 e. The fraction of sp³-hybridized carbons (Fsp3) is 0.371. The molecule has 0 radical (unpaired) electrons. The molecule has 0 atom stereocenters. The Bertz CT molecular complexity index is 3550. The van der Waals surface area contributed by atoms with E-state index in [0.717, 1.165) is 160 Å². The molecule has 0 aliphatic carbocycles. The Labute approximate surface area is 449 Å². The van der Waals surface area contributed by atoms with E-state index in [1.54, 1.807) is 18.8 Å². The number of aryl methyl sites for hydroxylation is 2. The van der Waals surface area contributed by atoms with E-state index in [2.05, 4.69) is 70.6 Å². The van der Waals surface area contributed by atoms with Crippen LogP contribution in [0.1, 0.15) is 156 Å². The van der Waals surface area contributed by atoms with Crippen molar-refractivity contribution in [1.82, 2.24) is 24.8 Å². The molecule has 4 amide bonds. The molecule has 1 aromatic heterocycles. The van der Waals surface area contributed by atoms with Crippen molar-refractivity contribution in [2.45, 2.75) is 127 Å². The van der Waals surface area contributed by atoms with Gasteiger partial charge in [0.05, 0.1) is 5.56 Å². The summed E-state index contributed by atoms with van der Waals surface area (Å²) in [6, 6.07) is 26.2. The summed E-state index contributed by atoms with van der Waals surface area (Å²) < 4.78 is 0. The summed E-state index contributed by atoms with van der Waals surface area (Å²) in [7, 11) is 1.77. The van der Waals surface area contributed by atoms with Crippen LogP contribution in [-0.4, -0.2) is 81.6 Å². The third-order valence-corrected chi connectivity index (χ3v) is 16.6. The van der Waals surface area contributed by atoms with Gasteiger partial charge in [0.15, 0.2) is 0 Å². The summed E-state index contributed by atoms with van der Waals surface area (Å²) in [6.07, 6.45) is 14.6. The molecule has 0 spiro atoms. The van der Waals surface area contributed by atoms with Crippen molar-refractivity contribution in [3.63, 3.8) is 0 Å². The fourth-order valence-corrected chi connectivity index (χ4v) is 13.0. The highest BCUT2D eigenvalue weighted by molar-refractivity contribution is 7.99. The number of amides is 4. The second-order valence-corrected chi connectivity index (χ2v) is 22.1. The Morgan fingerprint density at radius 2 is 0.974 bits per heavy atom. The van der Waals surface area contributed by atoms with Gasteiger partial charge in [-0.1, -0.05) is 108 Å². The number of aromatic nitrogens is 3. The molecular formula is C62H67N9O4S. The van der Waals surface area contributed by atoms with E-state index >= 15 is 0 Å². The fourth-order valence-electron chi connectivity index (χ4n) is 11.9. The molecule has 14 heteroatoms. The summed E-state index contributed by atoms with van der Waals surface area (Å²) in [5, 5.41) is 16.4. The van der Waals surface area contributed by atoms with Crippen molar-refractivity contribution in [2.24, 2.45) is 0 Å². The third kappa shape index (κ3) is 9.54. The molecule has 0 bridgehead atoms. The minimum atomic E-state index is -0.279. The van der Waals surface area contributed by atoms with Crippen LogP contribution < -0.4 is 20.9 Å². The Hall–Kier alpha value is -7.32. The Kier molecular flexibility index (Phi) is 14.5. The molecule has 3 N–H and O–H groups in total. The highest BCUT2D eigenvalue weighted by Gasteiger charge is 2.39. The van der Waals surface area contributed by atoms with E-state index in [1.807, 2.05) is 66.7 Å². The molecule has 390 valence electrons. The van der Waals surface area contributed by atoms with Gasteiger partial charge < -0.3 is 20.9 Å². The average Bonchev–Trinajstić information content (AvgIpc) is 4.07. The van der Waals surface area contributed by atoms with Gasteiger partial charge in [-0.3, -0.25) is 29.0 Å². The minimum absolute atomic E-state index is 0.246. The van der Waals surface area contributed by atoms with E-state index in [4.69, 9.17) is 4.98 Å². The second-order valence-electron chi connectivity index (χ2n) is 21.0. The Morgan fingerprint density at radius 1 is 0.487 bits per heavy atom. The van der Waals surface area contributed by atoms with Crippen molar-refractivity contribution < 1.29 is 19.2 Å². The summed E-state index contributed by atoms with van der Waals surface area (Å²) in [6.45, 7) is 10.9. The van der Waals surface area contributed by atoms with Crippen LogP contribution in [0.2, 0.25) is 0 Å². The molecular weight excluding hydrogens is 967 g/mol. The van der Waals surface area contributed by atoms with Crippen LogP contribution in [-0.2, 0) is 0 Å². The van der Waals surface area contributed by atoms with Crippen LogP contribution in [0.4, 0.5) is 34.9 Å². The number of hydrogen-bond acceptors (Lipinski definition) is 12. The lowest BCUT2D eigenvalue weighted by molar-refractivity contribution is 0.0592. The van der Waals surface area contributed by atoms with Crippen molar-refractivity contribution in [2.75, 3.05) is 54.1 Å². The lowest BCUT2D eigenvalue weighted by Crippen LogP contribution is -2.41. The first kappa shape index (κ1) is 50.8. The van der Waals surface area contributed by atoms with Crippen LogP contribution in [0.3, 0.4) is 0 Å². The highest BCUT2D eigenvalue weighted by atomic mass is 32.2. The molecule has 0 saturated carbocycles. The zero-order valence-electron chi connectivity index (χ0n) is 44.5. The number of anilines is 6. The standard InChI is InChI=1S/C62H67N9O4S/c1-6-8-10-12-14-16-30-70-56(72)44-27-25-43-53-49(76-41-22-20-39(21-23-41)64-61-66-60(63-5)67-62(68-61)65-40-33-37(3)32-38(4)34-40)36-47-51-45(57(73)71(59(47)75)31-17-15-13-11-9-7-2)26-24-42(55(51)53)52-48(69-28-18-19-29-69)35-46(58(70)74)50(44)54(43)52/h20-27,32-36H,6-19,28-31H2,1-5H3,(H3,63,64,65,66,67,68). The summed E-state index contributed by atoms with van der Waals surface area (Å²) in [4.78, 5) is 80.1. The van der Waals surface area contributed by atoms with E-state index < -0.39 is 0 Å². The van der Waals surface area contributed by atoms with E-state index in [1.165, 1.54) is 22.6 Å². The number of imide groups is 2. The number of nitrogens with one attached hydrogen (secondary N) is 3. The van der Waals surface area contributed by atoms with Gasteiger partial charge in [0.25, 0.3) is 23.6 Å². The maximum absolute atomic E-state index is 15.0. The molecule has 3 aliphatic heterocycles. The summed E-state index contributed by atoms with van der Waals surface area (Å²) >= 11 is 1.55. The van der Waals surface area contributed by atoms with Gasteiger partial charge in [-0.15, -0.1) is 0 Å². The van der Waals surface area contributed by atoms with Crippen LogP contribution in [0.15, 0.2) is 88.7 Å². The van der Waals surface area contributed by atoms with Gasteiger partial charge >= 0.3 is 0 Å². The summed E-state index contributed by atoms with van der Waals surface area (Å²) in [5.41, 5.74) is 6.96. The SMILES string of the molecule is CCCCCCCCN1C(=O)c2ccc3c4c(N5CCCC5)cc5c6c(ccc(c7c(Sc8ccc(Nc9nc(NC)nc(Nc%10cc(C)cc(C)c%10)n9)cc8)cc(c2c37)C1=O)c64)C(=O)N(CCCCCCCC)C5=O. The number of carbonyl (C=O) groups excluding carboxylic acids is 4. The molecule has 7 aromatic carbocycles. The Balaban J connectivity index is 1.03. The minimum Gasteiger partial charge on any atom is -0.371 e. The molecule has 3 aliphatic rings. The second kappa shape index (κ2) is 21.7. The molecule has 8 aromatic rings. The predicted molar refractivity (Wildman–Crippen MR) is 309 cm³/mol. The number of benzene rings is 7. The zero-order valence-corrected chi connectivity index (χ0v) is 45.3. The molecule has 0 unspecified atom stereocenters. The summed E-state index contributed by atoms with van der Waals surface area (Å²) in [5.74, 6) is 0.114. The largest absolute Gasteiger partial charge is 0.371 e. The Morgan fingerprint density at radius 3 is 1.54 bits per heavy atom. The molecule has 13 nitrogen and oxygen atoms in total. The first-order valence-corrected chi connectivity index (χ1v) is 28.5.